The van der Waals surface area contributed by atoms with Gasteiger partial charge in [-0.15, -0.1) is 10.2 Å². The summed E-state index contributed by atoms with van der Waals surface area (Å²) in [6.07, 6.45) is 6.96. The lowest BCUT2D eigenvalue weighted by molar-refractivity contribution is -0.121. The van der Waals surface area contributed by atoms with Crippen molar-refractivity contribution in [2.45, 2.75) is 45.6 Å². The van der Waals surface area contributed by atoms with E-state index in [-0.39, 0.29) is 24.7 Å². The van der Waals surface area contributed by atoms with Gasteiger partial charge in [-0.05, 0) is 25.2 Å². The van der Waals surface area contributed by atoms with E-state index in [0.29, 0.717) is 10.8 Å². The van der Waals surface area contributed by atoms with Crippen molar-refractivity contribution in [3.05, 3.63) is 17.4 Å². The molecule has 2 amide bonds. The van der Waals surface area contributed by atoms with Crippen LogP contribution in [0, 0.1) is 5.92 Å². The number of anilines is 2. The highest BCUT2D eigenvalue weighted by molar-refractivity contribution is 7.15. The van der Waals surface area contributed by atoms with Crippen molar-refractivity contribution < 1.29 is 9.59 Å². The summed E-state index contributed by atoms with van der Waals surface area (Å²) in [4.78, 5) is 23.7. The Kier molecular flexibility index (Phi) is 5.19. The lowest BCUT2D eigenvalue weighted by Crippen LogP contribution is -2.17. The Bertz CT molecular complexity index is 721. The number of rotatable bonds is 8. The minimum Gasteiger partial charge on any atom is -0.323 e. The van der Waals surface area contributed by atoms with Crippen LogP contribution in [0.1, 0.15) is 37.6 Å². The van der Waals surface area contributed by atoms with Crippen LogP contribution in [0.5, 0.6) is 0 Å². The Morgan fingerprint density at radius 1 is 1.25 bits per heavy atom. The first-order valence-electron chi connectivity index (χ1n) is 8.07. The van der Waals surface area contributed by atoms with Crippen LogP contribution in [0.4, 0.5) is 10.8 Å². The molecule has 2 aromatic heterocycles. The maximum Gasteiger partial charge on any atom is 0.226 e. The van der Waals surface area contributed by atoms with E-state index < -0.39 is 0 Å². The minimum absolute atomic E-state index is 0.100. The first-order valence-corrected chi connectivity index (χ1v) is 8.88. The molecule has 0 radical (unpaired) electrons. The molecule has 0 aromatic carbocycles. The molecule has 0 unspecified atom stereocenters. The van der Waals surface area contributed by atoms with Gasteiger partial charge in [-0.1, -0.05) is 18.3 Å². The van der Waals surface area contributed by atoms with Crippen LogP contribution in [0.3, 0.4) is 0 Å². The molecule has 1 saturated carbocycles. The Morgan fingerprint density at radius 2 is 2.00 bits per heavy atom. The van der Waals surface area contributed by atoms with Crippen molar-refractivity contribution in [1.82, 2.24) is 20.0 Å². The third kappa shape index (κ3) is 4.85. The summed E-state index contributed by atoms with van der Waals surface area (Å²) in [5.74, 6) is 0.279. The Morgan fingerprint density at radius 3 is 2.67 bits per heavy atom. The number of aryl methyl sites for hydroxylation is 1. The van der Waals surface area contributed by atoms with Crippen LogP contribution < -0.4 is 10.6 Å². The van der Waals surface area contributed by atoms with Crippen molar-refractivity contribution in [2.24, 2.45) is 5.92 Å². The maximum absolute atomic E-state index is 11.9. The highest BCUT2D eigenvalue weighted by atomic mass is 32.1. The zero-order chi connectivity index (χ0) is 16.9. The average Bonchev–Trinajstić information content (AvgIpc) is 3.07. The first kappa shape index (κ1) is 16.6. The molecule has 2 heterocycles. The minimum atomic E-state index is -0.242. The zero-order valence-electron chi connectivity index (χ0n) is 13.5. The summed E-state index contributed by atoms with van der Waals surface area (Å²) in [5.41, 5.74) is 0.665. The number of carbonyl (C=O) groups is 2. The second kappa shape index (κ2) is 7.52. The van der Waals surface area contributed by atoms with Crippen molar-refractivity contribution >= 4 is 34.0 Å². The van der Waals surface area contributed by atoms with E-state index in [1.54, 1.807) is 6.20 Å². The monoisotopic (exact) mass is 348 g/mol. The molecule has 3 rings (SSSR count). The van der Waals surface area contributed by atoms with E-state index in [1.165, 1.54) is 24.2 Å². The normalized spacial score (nSPS) is 13.7. The van der Waals surface area contributed by atoms with Crippen molar-refractivity contribution in [3.8, 4) is 0 Å². The fourth-order valence-electron chi connectivity index (χ4n) is 2.17. The summed E-state index contributed by atoms with van der Waals surface area (Å²) < 4.78 is 1.85. The summed E-state index contributed by atoms with van der Waals surface area (Å²) in [5, 5.41) is 18.8. The largest absolute Gasteiger partial charge is 0.323 e. The van der Waals surface area contributed by atoms with E-state index in [4.69, 9.17) is 0 Å². The van der Waals surface area contributed by atoms with Gasteiger partial charge in [0, 0.05) is 25.6 Å². The third-order valence-corrected chi connectivity index (χ3v) is 4.64. The van der Waals surface area contributed by atoms with E-state index in [1.807, 2.05) is 17.8 Å². The molecule has 1 fully saturated rings. The standard InChI is InChI=1S/C15H20N6O2S/c1-2-14-19-20-15(24-14)18-13(23)6-5-12(22)17-11-7-16-21(9-11)8-10-3-4-10/h7,9-10H,2-6,8H2,1H3,(H,17,22)(H,18,20,23). The molecule has 9 heteroatoms. The molecule has 0 atom stereocenters. The second-order valence-electron chi connectivity index (χ2n) is 5.85. The molecule has 0 spiro atoms. The maximum atomic E-state index is 11.9. The number of hydrogen-bond donors (Lipinski definition) is 2. The van der Waals surface area contributed by atoms with Crippen LogP contribution >= 0.6 is 11.3 Å². The molecule has 8 nitrogen and oxygen atoms in total. The van der Waals surface area contributed by atoms with Crippen LogP contribution in [-0.4, -0.2) is 31.8 Å². The number of nitrogens with one attached hydrogen (secondary N) is 2. The van der Waals surface area contributed by atoms with Gasteiger partial charge in [0.05, 0.1) is 11.9 Å². The smallest absolute Gasteiger partial charge is 0.226 e. The second-order valence-corrected chi connectivity index (χ2v) is 6.91. The highest BCUT2D eigenvalue weighted by Crippen LogP contribution is 2.30. The summed E-state index contributed by atoms with van der Waals surface area (Å²) in [6, 6.07) is 0. The quantitative estimate of drug-likeness (QED) is 0.760. The molecule has 2 aromatic rings. The van der Waals surface area contributed by atoms with Gasteiger partial charge in [-0.2, -0.15) is 5.10 Å². The number of aromatic nitrogens is 4. The Labute approximate surface area is 143 Å². The molecule has 0 aliphatic heterocycles. The molecule has 0 saturated heterocycles. The molecule has 1 aliphatic carbocycles. The van der Waals surface area contributed by atoms with Crippen molar-refractivity contribution in [1.29, 1.82) is 0 Å². The molecule has 2 N–H and O–H groups in total. The molecule has 1 aliphatic rings. The third-order valence-electron chi connectivity index (χ3n) is 3.65. The van der Waals surface area contributed by atoms with Gasteiger partial charge in [0.1, 0.15) is 5.01 Å². The summed E-state index contributed by atoms with van der Waals surface area (Å²) in [7, 11) is 0. The van der Waals surface area contributed by atoms with Gasteiger partial charge in [0.15, 0.2) is 0 Å². The van der Waals surface area contributed by atoms with E-state index in [9.17, 15) is 9.59 Å². The zero-order valence-corrected chi connectivity index (χ0v) is 14.3. The summed E-state index contributed by atoms with van der Waals surface area (Å²) in [6.45, 7) is 2.88. The molecule has 0 bridgehead atoms. The van der Waals surface area contributed by atoms with Gasteiger partial charge >= 0.3 is 0 Å². The highest BCUT2D eigenvalue weighted by Gasteiger charge is 2.22. The molecular weight excluding hydrogens is 328 g/mol. The van der Waals surface area contributed by atoms with Gasteiger partial charge in [-0.3, -0.25) is 14.3 Å². The fourth-order valence-corrected chi connectivity index (χ4v) is 2.87. The number of carbonyl (C=O) groups excluding carboxylic acids is 2. The Balaban J connectivity index is 1.39. The lowest BCUT2D eigenvalue weighted by atomic mass is 10.3. The number of hydrogen-bond acceptors (Lipinski definition) is 6. The molecular formula is C15H20N6O2S. The van der Waals surface area contributed by atoms with Gasteiger partial charge in [0.25, 0.3) is 0 Å². The predicted octanol–water partition coefficient (Wildman–Crippen LogP) is 2.06. The van der Waals surface area contributed by atoms with Crippen molar-refractivity contribution in [2.75, 3.05) is 10.6 Å². The van der Waals surface area contributed by atoms with E-state index >= 15 is 0 Å². The molecule has 24 heavy (non-hydrogen) atoms. The summed E-state index contributed by atoms with van der Waals surface area (Å²) >= 11 is 1.34. The van der Waals surface area contributed by atoms with E-state index in [0.717, 1.165) is 23.9 Å². The van der Waals surface area contributed by atoms with Crippen LogP contribution in [-0.2, 0) is 22.6 Å². The average molecular weight is 348 g/mol. The van der Waals surface area contributed by atoms with Crippen LogP contribution in [0.2, 0.25) is 0 Å². The number of amides is 2. The SMILES string of the molecule is CCc1nnc(NC(=O)CCC(=O)Nc2cnn(CC3CC3)c2)s1. The van der Waals surface area contributed by atoms with Gasteiger partial charge in [-0.25, -0.2) is 0 Å². The van der Waals surface area contributed by atoms with Crippen molar-refractivity contribution in [3.63, 3.8) is 0 Å². The lowest BCUT2D eigenvalue weighted by Gasteiger charge is -2.03. The fraction of sp³-hybridized carbons (Fsp3) is 0.533. The van der Waals surface area contributed by atoms with Crippen LogP contribution in [0.15, 0.2) is 12.4 Å². The van der Waals surface area contributed by atoms with Crippen LogP contribution in [0.25, 0.3) is 0 Å². The van der Waals surface area contributed by atoms with E-state index in [2.05, 4.69) is 25.9 Å². The van der Waals surface area contributed by atoms with Gasteiger partial charge < -0.3 is 10.6 Å². The number of nitrogens with zero attached hydrogens (tertiary/aromatic N) is 4. The Hall–Kier alpha value is -2.29. The predicted molar refractivity (Wildman–Crippen MR) is 90.7 cm³/mol. The van der Waals surface area contributed by atoms with Gasteiger partial charge in [0.2, 0.25) is 16.9 Å². The topological polar surface area (TPSA) is 102 Å². The first-order chi connectivity index (χ1) is 11.6. The molecule has 128 valence electrons.